The molecule has 0 N–H and O–H groups in total. The Bertz CT molecular complexity index is 375. The first-order valence-electron chi connectivity index (χ1n) is 6.50. The molecule has 94 valence electrons. The van der Waals surface area contributed by atoms with Crippen LogP contribution in [0.4, 0.5) is 0 Å². The lowest BCUT2D eigenvalue weighted by molar-refractivity contribution is -0.0459. The highest BCUT2D eigenvalue weighted by molar-refractivity contribution is 5.32. The van der Waals surface area contributed by atoms with Gasteiger partial charge in [-0.25, -0.2) is 0 Å². The van der Waals surface area contributed by atoms with Gasteiger partial charge in [-0.05, 0) is 31.0 Å². The third-order valence-electron chi connectivity index (χ3n) is 3.59. The van der Waals surface area contributed by atoms with Gasteiger partial charge >= 0.3 is 0 Å². The monoisotopic (exact) mass is 233 g/mol. The van der Waals surface area contributed by atoms with Gasteiger partial charge in [0.25, 0.3) is 0 Å². The molecule has 1 aliphatic rings. The largest absolute Gasteiger partial charge is 0.375 e. The van der Waals surface area contributed by atoms with Gasteiger partial charge < -0.3 is 4.74 Å². The molecule has 2 rings (SSSR count). The van der Waals surface area contributed by atoms with Crippen LogP contribution in [0.5, 0.6) is 0 Å². The predicted octanol–water partition coefficient (Wildman–Crippen LogP) is 3.20. The van der Waals surface area contributed by atoms with E-state index in [4.69, 9.17) is 4.74 Å². The minimum atomic E-state index is 0.350. The Morgan fingerprint density at radius 3 is 2.65 bits per heavy atom. The van der Waals surface area contributed by atoms with Crippen LogP contribution in [0.2, 0.25) is 0 Å². The van der Waals surface area contributed by atoms with Crippen molar-refractivity contribution in [2.45, 2.75) is 38.8 Å². The second-order valence-electron chi connectivity index (χ2n) is 5.38. The fourth-order valence-corrected chi connectivity index (χ4v) is 2.64. The van der Waals surface area contributed by atoms with Crippen molar-refractivity contribution in [2.75, 3.05) is 20.2 Å². The van der Waals surface area contributed by atoms with E-state index in [1.54, 1.807) is 0 Å². The van der Waals surface area contributed by atoms with Gasteiger partial charge in [0.15, 0.2) is 0 Å². The quantitative estimate of drug-likeness (QED) is 0.777. The average Bonchev–Trinajstić information content (AvgIpc) is 2.29. The summed E-state index contributed by atoms with van der Waals surface area (Å²) < 4.78 is 5.81. The smallest absolute Gasteiger partial charge is 0.0674 e. The zero-order chi connectivity index (χ0) is 12.4. The molecule has 1 aromatic rings. The Balaban J connectivity index is 2.27. The number of rotatable bonds is 2. The zero-order valence-electron chi connectivity index (χ0n) is 11.3. The van der Waals surface area contributed by atoms with Gasteiger partial charge in [0.2, 0.25) is 0 Å². The maximum atomic E-state index is 5.81. The van der Waals surface area contributed by atoms with Crippen LogP contribution in [0, 0.1) is 0 Å². The number of morpholine rings is 1. The van der Waals surface area contributed by atoms with Gasteiger partial charge in [-0.15, -0.1) is 0 Å². The molecular formula is C15H23NO. The van der Waals surface area contributed by atoms with Crippen molar-refractivity contribution < 1.29 is 4.74 Å². The molecule has 2 unspecified atom stereocenters. The third-order valence-corrected chi connectivity index (χ3v) is 3.59. The molecule has 2 heteroatoms. The first-order valence-corrected chi connectivity index (χ1v) is 6.50. The summed E-state index contributed by atoms with van der Waals surface area (Å²) in [5.41, 5.74) is 2.87. The van der Waals surface area contributed by atoms with Gasteiger partial charge in [0.1, 0.15) is 0 Å². The number of hydrogen-bond donors (Lipinski definition) is 0. The molecule has 17 heavy (non-hydrogen) atoms. The van der Waals surface area contributed by atoms with Gasteiger partial charge in [-0.2, -0.15) is 0 Å². The van der Waals surface area contributed by atoms with E-state index in [2.05, 4.69) is 57.0 Å². The van der Waals surface area contributed by atoms with Crippen LogP contribution in [0.25, 0.3) is 0 Å². The number of likely N-dealkylation sites (N-methyl/N-ethyl adjacent to an activating group) is 1. The predicted molar refractivity (Wildman–Crippen MR) is 71.3 cm³/mol. The third kappa shape index (κ3) is 2.70. The fourth-order valence-electron chi connectivity index (χ4n) is 2.64. The lowest BCUT2D eigenvalue weighted by Crippen LogP contribution is -2.41. The van der Waals surface area contributed by atoms with E-state index >= 15 is 0 Å². The molecule has 0 aliphatic carbocycles. The molecule has 1 fully saturated rings. The summed E-state index contributed by atoms with van der Waals surface area (Å²) >= 11 is 0. The van der Waals surface area contributed by atoms with Crippen LogP contribution in [-0.2, 0) is 4.74 Å². The SMILES string of the molecule is CC1CN(C)C(c2ccccc2C(C)C)CO1. The Morgan fingerprint density at radius 1 is 1.29 bits per heavy atom. The second kappa shape index (κ2) is 5.19. The van der Waals surface area contributed by atoms with Crippen molar-refractivity contribution in [1.82, 2.24) is 4.90 Å². The molecule has 1 aliphatic heterocycles. The van der Waals surface area contributed by atoms with E-state index in [1.165, 1.54) is 11.1 Å². The highest BCUT2D eigenvalue weighted by atomic mass is 16.5. The minimum Gasteiger partial charge on any atom is -0.375 e. The number of benzene rings is 1. The summed E-state index contributed by atoms with van der Waals surface area (Å²) in [6.07, 6.45) is 0.350. The summed E-state index contributed by atoms with van der Waals surface area (Å²) in [4.78, 5) is 2.41. The van der Waals surface area contributed by atoms with Crippen LogP contribution in [-0.4, -0.2) is 31.2 Å². The molecule has 0 spiro atoms. The van der Waals surface area contributed by atoms with Crippen molar-refractivity contribution in [2.24, 2.45) is 0 Å². The molecule has 1 heterocycles. The number of nitrogens with zero attached hydrogens (tertiary/aromatic N) is 1. The minimum absolute atomic E-state index is 0.350. The maximum absolute atomic E-state index is 5.81. The molecule has 2 nitrogen and oxygen atoms in total. The highest BCUT2D eigenvalue weighted by Gasteiger charge is 2.26. The Kier molecular flexibility index (Phi) is 3.85. The van der Waals surface area contributed by atoms with E-state index in [-0.39, 0.29) is 0 Å². The van der Waals surface area contributed by atoms with Crippen molar-refractivity contribution in [1.29, 1.82) is 0 Å². The second-order valence-corrected chi connectivity index (χ2v) is 5.38. The summed E-state index contributed by atoms with van der Waals surface area (Å²) in [7, 11) is 2.20. The van der Waals surface area contributed by atoms with Gasteiger partial charge in [0.05, 0.1) is 18.8 Å². The Morgan fingerprint density at radius 2 is 2.00 bits per heavy atom. The Hall–Kier alpha value is -0.860. The molecule has 0 bridgehead atoms. The van der Waals surface area contributed by atoms with E-state index in [0.29, 0.717) is 18.1 Å². The average molecular weight is 233 g/mol. The normalized spacial score (nSPS) is 26.4. The molecule has 0 radical (unpaired) electrons. The van der Waals surface area contributed by atoms with Crippen LogP contribution in [0.15, 0.2) is 24.3 Å². The van der Waals surface area contributed by atoms with Crippen molar-refractivity contribution in [3.8, 4) is 0 Å². The van der Waals surface area contributed by atoms with E-state index in [9.17, 15) is 0 Å². The molecule has 1 saturated heterocycles. The van der Waals surface area contributed by atoms with Crippen LogP contribution >= 0.6 is 0 Å². The number of ether oxygens (including phenoxy) is 1. The van der Waals surface area contributed by atoms with Gasteiger partial charge in [-0.1, -0.05) is 38.1 Å². The van der Waals surface area contributed by atoms with Crippen molar-refractivity contribution >= 4 is 0 Å². The first kappa shape index (κ1) is 12.6. The first-order chi connectivity index (χ1) is 8.09. The molecule has 1 aromatic carbocycles. The van der Waals surface area contributed by atoms with Gasteiger partial charge in [0, 0.05) is 6.54 Å². The van der Waals surface area contributed by atoms with E-state index in [1.807, 2.05) is 0 Å². The molecular weight excluding hydrogens is 210 g/mol. The standard InChI is InChI=1S/C15H23NO/c1-11(2)13-7-5-6-8-14(13)15-10-17-12(3)9-16(15)4/h5-8,11-12,15H,9-10H2,1-4H3. The van der Waals surface area contributed by atoms with Gasteiger partial charge in [-0.3, -0.25) is 4.90 Å². The van der Waals surface area contributed by atoms with Crippen molar-refractivity contribution in [3.05, 3.63) is 35.4 Å². The maximum Gasteiger partial charge on any atom is 0.0674 e. The molecule has 0 saturated carbocycles. The van der Waals surface area contributed by atoms with E-state index < -0.39 is 0 Å². The van der Waals surface area contributed by atoms with Crippen LogP contribution < -0.4 is 0 Å². The topological polar surface area (TPSA) is 12.5 Å². The van der Waals surface area contributed by atoms with Crippen LogP contribution in [0.3, 0.4) is 0 Å². The van der Waals surface area contributed by atoms with Crippen LogP contribution in [0.1, 0.15) is 43.9 Å². The van der Waals surface area contributed by atoms with E-state index in [0.717, 1.165) is 13.2 Å². The molecule has 0 amide bonds. The summed E-state index contributed by atoms with van der Waals surface area (Å²) in [6.45, 7) is 8.47. The summed E-state index contributed by atoms with van der Waals surface area (Å²) in [6, 6.07) is 9.16. The lowest BCUT2D eigenvalue weighted by atomic mass is 9.92. The number of hydrogen-bond acceptors (Lipinski definition) is 2. The Labute approximate surface area is 105 Å². The lowest BCUT2D eigenvalue weighted by Gasteiger charge is -2.37. The fraction of sp³-hybridized carbons (Fsp3) is 0.600. The zero-order valence-corrected chi connectivity index (χ0v) is 11.3. The van der Waals surface area contributed by atoms with Crippen molar-refractivity contribution in [3.63, 3.8) is 0 Å². The summed E-state index contributed by atoms with van der Waals surface area (Å²) in [5, 5.41) is 0. The molecule has 0 aromatic heterocycles. The molecule has 2 atom stereocenters. The highest BCUT2D eigenvalue weighted by Crippen LogP contribution is 2.30. The summed E-state index contributed by atoms with van der Waals surface area (Å²) in [5.74, 6) is 0.568.